The lowest BCUT2D eigenvalue weighted by atomic mass is 9.31. The van der Waals surface area contributed by atoms with Gasteiger partial charge in [0.15, 0.2) is 0 Å². The standard InChI is InChI=1S/C30H52O3/c1-25(2)13-9-14-28(6)22-11-10-21-27(5)15-12-18(26(3,4)33)23(27)19(31)16-29(21,7)30(22,8)17-20(32)24(25)28/h18-24,31-33H,9-17H2,1-8H3/t18-,19-,20-,21+,22-,23+,24-,27+,28+,29+,30+/m0/s1. The zero-order valence-corrected chi connectivity index (χ0v) is 22.7. The van der Waals surface area contributed by atoms with Crippen LogP contribution in [0.2, 0.25) is 0 Å². The summed E-state index contributed by atoms with van der Waals surface area (Å²) in [6, 6.07) is 0. The first-order valence-electron chi connectivity index (χ1n) is 14.1. The van der Waals surface area contributed by atoms with Gasteiger partial charge in [-0.15, -0.1) is 0 Å². The minimum Gasteiger partial charge on any atom is -0.393 e. The fraction of sp³-hybridized carbons (Fsp3) is 1.00. The van der Waals surface area contributed by atoms with Crippen LogP contribution >= 0.6 is 0 Å². The van der Waals surface area contributed by atoms with Gasteiger partial charge in [-0.2, -0.15) is 0 Å². The average molecular weight is 461 g/mol. The quantitative estimate of drug-likeness (QED) is 0.437. The van der Waals surface area contributed by atoms with Crippen molar-refractivity contribution in [2.24, 2.45) is 56.7 Å². The van der Waals surface area contributed by atoms with E-state index in [9.17, 15) is 15.3 Å². The molecule has 0 spiro atoms. The molecule has 5 fully saturated rings. The van der Waals surface area contributed by atoms with E-state index >= 15 is 0 Å². The van der Waals surface area contributed by atoms with Crippen molar-refractivity contribution in [2.75, 3.05) is 0 Å². The van der Waals surface area contributed by atoms with E-state index in [0.29, 0.717) is 17.8 Å². The molecule has 0 aliphatic heterocycles. The van der Waals surface area contributed by atoms with Crippen molar-refractivity contribution in [1.82, 2.24) is 0 Å². The number of aliphatic hydroxyl groups excluding tert-OH is 2. The van der Waals surface area contributed by atoms with Crippen LogP contribution in [-0.2, 0) is 0 Å². The van der Waals surface area contributed by atoms with Crippen LogP contribution in [0.15, 0.2) is 0 Å². The second-order valence-corrected chi connectivity index (χ2v) is 15.7. The second kappa shape index (κ2) is 7.00. The van der Waals surface area contributed by atoms with Gasteiger partial charge >= 0.3 is 0 Å². The Morgan fingerprint density at radius 3 is 1.82 bits per heavy atom. The molecule has 5 aliphatic carbocycles. The first-order valence-corrected chi connectivity index (χ1v) is 14.1. The first kappa shape index (κ1) is 24.6. The van der Waals surface area contributed by atoms with E-state index in [1.165, 1.54) is 32.1 Å². The van der Waals surface area contributed by atoms with Crippen molar-refractivity contribution < 1.29 is 15.3 Å². The number of hydrogen-bond donors (Lipinski definition) is 3. The largest absolute Gasteiger partial charge is 0.393 e. The van der Waals surface area contributed by atoms with Crippen molar-refractivity contribution >= 4 is 0 Å². The normalized spacial score (nSPS) is 58.1. The van der Waals surface area contributed by atoms with Gasteiger partial charge < -0.3 is 15.3 Å². The van der Waals surface area contributed by atoms with Gasteiger partial charge in [0.2, 0.25) is 0 Å². The van der Waals surface area contributed by atoms with Gasteiger partial charge in [0, 0.05) is 0 Å². The molecule has 5 aliphatic rings. The average Bonchev–Trinajstić information content (AvgIpc) is 3.00. The summed E-state index contributed by atoms with van der Waals surface area (Å²) in [4.78, 5) is 0. The highest BCUT2D eigenvalue weighted by atomic mass is 16.3. The van der Waals surface area contributed by atoms with Crippen LogP contribution in [-0.4, -0.2) is 33.1 Å². The maximum absolute atomic E-state index is 11.8. The van der Waals surface area contributed by atoms with Crippen molar-refractivity contribution in [3.63, 3.8) is 0 Å². The third kappa shape index (κ3) is 2.97. The summed E-state index contributed by atoms with van der Waals surface area (Å²) in [6.45, 7) is 18.7. The lowest BCUT2D eigenvalue weighted by Crippen LogP contribution is -2.70. The Labute approximate surface area is 203 Å². The molecular weight excluding hydrogens is 408 g/mol. The van der Waals surface area contributed by atoms with Crippen LogP contribution in [0.25, 0.3) is 0 Å². The molecule has 0 bridgehead atoms. The smallest absolute Gasteiger partial charge is 0.0623 e. The van der Waals surface area contributed by atoms with Gasteiger partial charge in [-0.3, -0.25) is 0 Å². The Hall–Kier alpha value is -0.120. The summed E-state index contributed by atoms with van der Waals surface area (Å²) in [6.07, 6.45) is 9.47. The predicted molar refractivity (Wildman–Crippen MR) is 134 cm³/mol. The van der Waals surface area contributed by atoms with Crippen molar-refractivity contribution in [3.05, 3.63) is 0 Å². The van der Waals surface area contributed by atoms with Gasteiger partial charge in [-0.25, -0.2) is 0 Å². The van der Waals surface area contributed by atoms with Gasteiger partial charge in [-0.1, -0.05) is 48.0 Å². The van der Waals surface area contributed by atoms with Gasteiger partial charge in [0.1, 0.15) is 0 Å². The molecule has 33 heavy (non-hydrogen) atoms. The molecule has 0 saturated heterocycles. The Balaban J connectivity index is 1.58. The van der Waals surface area contributed by atoms with Gasteiger partial charge in [-0.05, 0) is 122 Å². The molecule has 11 atom stereocenters. The van der Waals surface area contributed by atoms with E-state index < -0.39 is 5.60 Å². The van der Waals surface area contributed by atoms with E-state index in [0.717, 1.165) is 25.7 Å². The number of aliphatic hydroxyl groups is 3. The molecule has 5 rings (SSSR count). The van der Waals surface area contributed by atoms with E-state index in [2.05, 4.69) is 41.5 Å². The maximum atomic E-state index is 11.8. The van der Waals surface area contributed by atoms with Crippen LogP contribution in [0.1, 0.15) is 113 Å². The van der Waals surface area contributed by atoms with E-state index in [1.807, 2.05) is 13.8 Å². The molecule has 0 heterocycles. The van der Waals surface area contributed by atoms with Gasteiger partial charge in [0.05, 0.1) is 17.8 Å². The van der Waals surface area contributed by atoms with Crippen LogP contribution < -0.4 is 0 Å². The summed E-state index contributed by atoms with van der Waals surface area (Å²) < 4.78 is 0. The first-order chi connectivity index (χ1) is 15.0. The molecule has 0 aromatic carbocycles. The van der Waals surface area contributed by atoms with E-state index in [-0.39, 0.29) is 51.1 Å². The zero-order chi connectivity index (χ0) is 24.4. The highest BCUT2D eigenvalue weighted by molar-refractivity contribution is 5.22. The van der Waals surface area contributed by atoms with Crippen LogP contribution in [0.4, 0.5) is 0 Å². The van der Waals surface area contributed by atoms with E-state index in [1.54, 1.807) is 0 Å². The molecule has 190 valence electrons. The third-order valence-corrected chi connectivity index (χ3v) is 13.4. The minimum absolute atomic E-state index is 0.0195. The molecule has 0 unspecified atom stereocenters. The summed E-state index contributed by atoms with van der Waals surface area (Å²) in [5, 5.41) is 34.5. The minimum atomic E-state index is -0.742. The monoisotopic (exact) mass is 460 g/mol. The topological polar surface area (TPSA) is 60.7 Å². The molecule has 0 amide bonds. The second-order valence-electron chi connectivity index (χ2n) is 15.7. The van der Waals surface area contributed by atoms with E-state index in [4.69, 9.17) is 0 Å². The Bertz CT molecular complexity index is 799. The molecule has 3 nitrogen and oxygen atoms in total. The number of hydrogen-bond acceptors (Lipinski definition) is 3. The van der Waals surface area contributed by atoms with Crippen molar-refractivity contribution in [2.45, 2.75) is 131 Å². The van der Waals surface area contributed by atoms with Gasteiger partial charge in [0.25, 0.3) is 0 Å². The molecule has 5 saturated carbocycles. The highest BCUT2D eigenvalue weighted by Gasteiger charge is 2.73. The summed E-state index contributed by atoms with van der Waals surface area (Å²) in [7, 11) is 0. The maximum Gasteiger partial charge on any atom is 0.0623 e. The number of fused-ring (bicyclic) bond motifs is 7. The molecular formula is C30H52O3. The van der Waals surface area contributed by atoms with Crippen LogP contribution in [0.3, 0.4) is 0 Å². The molecule has 3 heteroatoms. The molecule has 0 aromatic heterocycles. The molecule has 3 N–H and O–H groups in total. The molecule has 0 radical (unpaired) electrons. The summed E-state index contributed by atoms with van der Waals surface area (Å²) >= 11 is 0. The van der Waals surface area contributed by atoms with Crippen LogP contribution in [0.5, 0.6) is 0 Å². The summed E-state index contributed by atoms with van der Waals surface area (Å²) in [5.74, 6) is 1.89. The zero-order valence-electron chi connectivity index (χ0n) is 22.7. The lowest BCUT2D eigenvalue weighted by molar-refractivity contribution is -0.280. The van der Waals surface area contributed by atoms with Crippen LogP contribution in [0, 0.1) is 56.7 Å². The predicted octanol–water partition coefficient (Wildman–Crippen LogP) is 6.19. The SMILES string of the molecule is CC(C)(O)[C@H]1CC[C@@]2(C)[C@H]1[C@@H](O)C[C@]1(C)[C@@H]2CC[C@H]2[C@@]3(C)CCCC(C)(C)[C@@H]3[C@@H](O)C[C@]21C. The Kier molecular flexibility index (Phi) is 5.21. The Morgan fingerprint density at radius 1 is 0.697 bits per heavy atom. The lowest BCUT2D eigenvalue weighted by Gasteiger charge is -2.74. The fourth-order valence-corrected chi connectivity index (χ4v) is 12.4. The number of rotatable bonds is 1. The summed E-state index contributed by atoms with van der Waals surface area (Å²) in [5.41, 5.74) is -0.245. The fourth-order valence-electron chi connectivity index (χ4n) is 12.4. The highest BCUT2D eigenvalue weighted by Crippen LogP contribution is 2.78. The molecule has 0 aromatic rings. The van der Waals surface area contributed by atoms with Crippen molar-refractivity contribution in [3.8, 4) is 0 Å². The Morgan fingerprint density at radius 2 is 1.24 bits per heavy atom. The third-order valence-electron chi connectivity index (χ3n) is 13.4. The van der Waals surface area contributed by atoms with Crippen molar-refractivity contribution in [1.29, 1.82) is 0 Å².